The quantitative estimate of drug-likeness (QED) is 0.490. The Balaban J connectivity index is 1.41. The lowest BCUT2D eigenvalue weighted by atomic mass is 10.1. The molecule has 31 heavy (non-hydrogen) atoms. The number of nitrogens with zero attached hydrogens (tertiary/aromatic N) is 4. The van der Waals surface area contributed by atoms with Crippen LogP contribution in [0.1, 0.15) is 5.69 Å². The Morgan fingerprint density at radius 3 is 2.55 bits per heavy atom. The summed E-state index contributed by atoms with van der Waals surface area (Å²) < 4.78 is 25.0. The van der Waals surface area contributed by atoms with Gasteiger partial charge >= 0.3 is 0 Å². The van der Waals surface area contributed by atoms with Crippen LogP contribution in [-0.2, 0) is 22.8 Å². The Kier molecular flexibility index (Phi) is 4.94. The number of anilines is 1. The van der Waals surface area contributed by atoms with Gasteiger partial charge in [-0.1, -0.05) is 30.3 Å². The van der Waals surface area contributed by atoms with Crippen molar-refractivity contribution in [3.63, 3.8) is 0 Å². The van der Waals surface area contributed by atoms with E-state index in [9.17, 15) is 13.2 Å². The van der Waals surface area contributed by atoms with E-state index < -0.39 is 9.84 Å². The fourth-order valence-corrected chi connectivity index (χ4v) is 5.25. The van der Waals surface area contributed by atoms with Crippen molar-refractivity contribution >= 4 is 37.2 Å². The SMILES string of the molecule is O=c1c2cccc(N3CCS(=O)(=O)CC3)c2cnn1CCc1ccc2ccccc2n1. The van der Waals surface area contributed by atoms with Gasteiger partial charge in [0.15, 0.2) is 9.84 Å². The predicted octanol–water partition coefficient (Wildman–Crippen LogP) is 2.42. The van der Waals surface area contributed by atoms with Crippen molar-refractivity contribution in [1.29, 1.82) is 0 Å². The third kappa shape index (κ3) is 3.90. The molecule has 1 aliphatic rings. The molecule has 7 nitrogen and oxygen atoms in total. The fraction of sp³-hybridized carbons (Fsp3) is 0.261. The van der Waals surface area contributed by atoms with E-state index in [2.05, 4.69) is 10.1 Å². The number of rotatable bonds is 4. The Bertz CT molecular complexity index is 1430. The van der Waals surface area contributed by atoms with E-state index in [1.807, 2.05) is 53.4 Å². The van der Waals surface area contributed by atoms with Crippen LogP contribution < -0.4 is 10.5 Å². The molecule has 4 aromatic rings. The summed E-state index contributed by atoms with van der Waals surface area (Å²) in [6.07, 6.45) is 2.32. The second kappa shape index (κ2) is 7.77. The Labute approximate surface area is 179 Å². The first-order chi connectivity index (χ1) is 15.0. The first kappa shape index (κ1) is 19.7. The molecular formula is C23H22N4O3S. The summed E-state index contributed by atoms with van der Waals surface area (Å²) in [4.78, 5) is 19.8. The van der Waals surface area contributed by atoms with E-state index in [0.29, 0.717) is 31.4 Å². The maximum atomic E-state index is 13.1. The van der Waals surface area contributed by atoms with Gasteiger partial charge in [0.2, 0.25) is 0 Å². The summed E-state index contributed by atoms with van der Waals surface area (Å²) in [7, 11) is -2.97. The first-order valence-electron chi connectivity index (χ1n) is 10.3. The summed E-state index contributed by atoms with van der Waals surface area (Å²) >= 11 is 0. The van der Waals surface area contributed by atoms with Crippen LogP contribution in [0.5, 0.6) is 0 Å². The van der Waals surface area contributed by atoms with Gasteiger partial charge in [0.25, 0.3) is 5.56 Å². The van der Waals surface area contributed by atoms with E-state index in [0.717, 1.165) is 27.7 Å². The van der Waals surface area contributed by atoms with Crippen LogP contribution in [0.15, 0.2) is 65.6 Å². The molecule has 8 heteroatoms. The smallest absolute Gasteiger partial charge is 0.274 e. The highest BCUT2D eigenvalue weighted by atomic mass is 32.2. The summed E-state index contributed by atoms with van der Waals surface area (Å²) in [6.45, 7) is 1.29. The van der Waals surface area contributed by atoms with Gasteiger partial charge in [0, 0.05) is 41.7 Å². The second-order valence-corrected chi connectivity index (χ2v) is 10.1. The minimum absolute atomic E-state index is 0.132. The molecule has 1 fully saturated rings. The number of para-hydroxylation sites is 1. The molecule has 158 valence electrons. The van der Waals surface area contributed by atoms with Crippen molar-refractivity contribution < 1.29 is 8.42 Å². The van der Waals surface area contributed by atoms with Crippen molar-refractivity contribution in [2.24, 2.45) is 0 Å². The van der Waals surface area contributed by atoms with Gasteiger partial charge < -0.3 is 4.90 Å². The molecule has 0 saturated carbocycles. The van der Waals surface area contributed by atoms with Crippen LogP contribution >= 0.6 is 0 Å². The molecule has 2 aromatic heterocycles. The number of benzene rings is 2. The molecular weight excluding hydrogens is 412 g/mol. The molecule has 0 aliphatic carbocycles. The minimum atomic E-state index is -2.97. The maximum absolute atomic E-state index is 13.1. The molecule has 5 rings (SSSR count). The third-order valence-corrected chi connectivity index (χ3v) is 7.40. The highest BCUT2D eigenvalue weighted by Crippen LogP contribution is 2.25. The van der Waals surface area contributed by atoms with Crippen molar-refractivity contribution in [2.75, 3.05) is 29.5 Å². The molecule has 0 atom stereocenters. The largest absolute Gasteiger partial charge is 0.369 e. The number of pyridine rings is 1. The van der Waals surface area contributed by atoms with Crippen LogP contribution in [0.4, 0.5) is 5.69 Å². The van der Waals surface area contributed by atoms with Crippen LogP contribution in [0.25, 0.3) is 21.7 Å². The highest BCUT2D eigenvalue weighted by molar-refractivity contribution is 7.91. The number of fused-ring (bicyclic) bond motifs is 2. The fourth-order valence-electron chi connectivity index (χ4n) is 4.05. The normalized spacial score (nSPS) is 16.1. The minimum Gasteiger partial charge on any atom is -0.369 e. The summed E-state index contributed by atoms with van der Waals surface area (Å²) in [5, 5.41) is 6.83. The molecule has 0 radical (unpaired) electrons. The zero-order valence-corrected chi connectivity index (χ0v) is 17.8. The number of aromatic nitrogens is 3. The number of hydrogen-bond donors (Lipinski definition) is 0. The summed E-state index contributed by atoms with van der Waals surface area (Å²) in [5.41, 5.74) is 2.56. The van der Waals surface area contributed by atoms with Gasteiger partial charge in [-0.15, -0.1) is 0 Å². The average molecular weight is 435 g/mol. The predicted molar refractivity (Wildman–Crippen MR) is 122 cm³/mol. The molecule has 2 aromatic carbocycles. The first-order valence-corrected chi connectivity index (χ1v) is 12.1. The number of aryl methyl sites for hydroxylation is 2. The topological polar surface area (TPSA) is 85.2 Å². The third-order valence-electron chi connectivity index (χ3n) is 5.80. The molecule has 1 saturated heterocycles. The second-order valence-electron chi connectivity index (χ2n) is 7.80. The standard InChI is InChI=1S/C23H22N4O3S/c28-23-19-5-3-7-22(26-12-14-31(29,30)15-13-26)20(19)16-24-27(23)11-10-18-9-8-17-4-1-2-6-21(17)25-18/h1-9,16H,10-15H2. The van der Waals surface area contributed by atoms with Gasteiger partial charge in [-0.2, -0.15) is 5.10 Å². The van der Waals surface area contributed by atoms with Gasteiger partial charge in [0.1, 0.15) is 0 Å². The van der Waals surface area contributed by atoms with E-state index in [4.69, 9.17) is 0 Å². The molecule has 0 unspecified atom stereocenters. The van der Waals surface area contributed by atoms with Crippen molar-refractivity contribution in [3.8, 4) is 0 Å². The van der Waals surface area contributed by atoms with E-state index in [-0.39, 0.29) is 17.1 Å². The summed E-state index contributed by atoms with van der Waals surface area (Å²) in [5.74, 6) is 0.263. The van der Waals surface area contributed by atoms with E-state index >= 15 is 0 Å². The lowest BCUT2D eigenvalue weighted by Crippen LogP contribution is -2.40. The van der Waals surface area contributed by atoms with Crippen molar-refractivity contribution in [3.05, 3.63) is 76.8 Å². The average Bonchev–Trinajstić information content (AvgIpc) is 2.78. The van der Waals surface area contributed by atoms with E-state index in [1.54, 1.807) is 12.3 Å². The molecule has 3 heterocycles. The van der Waals surface area contributed by atoms with Gasteiger partial charge in [-0.05, 0) is 24.3 Å². The maximum Gasteiger partial charge on any atom is 0.274 e. The molecule has 0 spiro atoms. The van der Waals surface area contributed by atoms with Crippen molar-refractivity contribution in [1.82, 2.24) is 14.8 Å². The molecule has 1 aliphatic heterocycles. The van der Waals surface area contributed by atoms with Gasteiger partial charge in [0.05, 0.1) is 35.2 Å². The summed E-state index contributed by atoms with van der Waals surface area (Å²) in [6, 6.07) is 17.5. The lowest BCUT2D eigenvalue weighted by Gasteiger charge is -2.29. The zero-order chi connectivity index (χ0) is 21.4. The van der Waals surface area contributed by atoms with Crippen LogP contribution in [0, 0.1) is 0 Å². The molecule has 0 bridgehead atoms. The lowest BCUT2D eigenvalue weighted by molar-refractivity contribution is 0.579. The Hall–Kier alpha value is -3.26. The van der Waals surface area contributed by atoms with E-state index in [1.165, 1.54) is 4.68 Å². The Morgan fingerprint density at radius 1 is 0.903 bits per heavy atom. The van der Waals surface area contributed by atoms with Crippen LogP contribution in [-0.4, -0.2) is 47.8 Å². The van der Waals surface area contributed by atoms with Crippen molar-refractivity contribution in [2.45, 2.75) is 13.0 Å². The number of sulfone groups is 1. The molecule has 0 amide bonds. The zero-order valence-electron chi connectivity index (χ0n) is 16.9. The van der Waals surface area contributed by atoms with Crippen LogP contribution in [0.3, 0.4) is 0 Å². The highest BCUT2D eigenvalue weighted by Gasteiger charge is 2.23. The molecule has 0 N–H and O–H groups in total. The van der Waals surface area contributed by atoms with Gasteiger partial charge in [-0.3, -0.25) is 9.78 Å². The van der Waals surface area contributed by atoms with Crippen LogP contribution in [0.2, 0.25) is 0 Å². The monoisotopic (exact) mass is 434 g/mol. The number of hydrogen-bond acceptors (Lipinski definition) is 6. The Morgan fingerprint density at radius 2 is 1.71 bits per heavy atom. The van der Waals surface area contributed by atoms with Gasteiger partial charge in [-0.25, -0.2) is 13.1 Å².